The maximum atomic E-state index is 11.0. The average Bonchev–Trinajstić information content (AvgIpc) is 2.36. The molecule has 88 valence electrons. The van der Waals surface area contributed by atoms with Gasteiger partial charge in [-0.1, -0.05) is 6.07 Å². The molecule has 0 bridgehead atoms. The molecule has 0 amide bonds. The molecule has 0 unspecified atom stereocenters. The molecule has 0 aromatic heterocycles. The first-order valence-electron chi connectivity index (χ1n) is 5.05. The van der Waals surface area contributed by atoms with E-state index in [0.717, 1.165) is 16.5 Å². The third kappa shape index (κ3) is 2.01. The van der Waals surface area contributed by atoms with Crippen molar-refractivity contribution >= 4 is 16.7 Å². The number of methoxy groups -OCH3 is 2. The van der Waals surface area contributed by atoms with Crippen molar-refractivity contribution < 1.29 is 19.4 Å². The van der Waals surface area contributed by atoms with E-state index in [-0.39, 0.29) is 5.56 Å². The van der Waals surface area contributed by atoms with Crippen LogP contribution in [0.25, 0.3) is 10.8 Å². The Kier molecular flexibility index (Phi) is 2.87. The van der Waals surface area contributed by atoms with Crippen molar-refractivity contribution in [1.82, 2.24) is 0 Å². The molecular weight excluding hydrogens is 220 g/mol. The second-order valence-electron chi connectivity index (χ2n) is 3.57. The van der Waals surface area contributed by atoms with E-state index in [1.165, 1.54) is 7.11 Å². The topological polar surface area (TPSA) is 55.8 Å². The van der Waals surface area contributed by atoms with Gasteiger partial charge in [0.1, 0.15) is 17.1 Å². The van der Waals surface area contributed by atoms with Crippen LogP contribution < -0.4 is 9.47 Å². The summed E-state index contributed by atoms with van der Waals surface area (Å²) in [5.41, 5.74) is 0.158. The van der Waals surface area contributed by atoms with Crippen molar-refractivity contribution in [2.45, 2.75) is 0 Å². The average molecular weight is 232 g/mol. The van der Waals surface area contributed by atoms with Crippen molar-refractivity contribution in [1.29, 1.82) is 0 Å². The zero-order chi connectivity index (χ0) is 12.4. The summed E-state index contributed by atoms with van der Waals surface area (Å²) in [6.07, 6.45) is 0. The van der Waals surface area contributed by atoms with Gasteiger partial charge in [0.05, 0.1) is 14.2 Å². The Morgan fingerprint density at radius 1 is 1.06 bits per heavy atom. The van der Waals surface area contributed by atoms with Gasteiger partial charge in [0.15, 0.2) is 0 Å². The lowest BCUT2D eigenvalue weighted by atomic mass is 10.1. The summed E-state index contributed by atoms with van der Waals surface area (Å²) in [5.74, 6) is 0.0699. The molecule has 0 fully saturated rings. The molecular formula is C13H12O4. The van der Waals surface area contributed by atoms with E-state index < -0.39 is 5.97 Å². The predicted octanol–water partition coefficient (Wildman–Crippen LogP) is 2.56. The second kappa shape index (κ2) is 4.33. The van der Waals surface area contributed by atoms with E-state index in [1.807, 2.05) is 12.1 Å². The van der Waals surface area contributed by atoms with Crippen LogP contribution in [-0.2, 0) is 0 Å². The number of carbonyl (C=O) groups is 1. The minimum absolute atomic E-state index is 0.158. The molecule has 2 aromatic rings. The molecule has 0 aliphatic carbocycles. The van der Waals surface area contributed by atoms with Crippen molar-refractivity contribution in [2.24, 2.45) is 0 Å². The van der Waals surface area contributed by atoms with Gasteiger partial charge in [-0.05, 0) is 35.0 Å². The molecule has 0 aliphatic rings. The Labute approximate surface area is 98.4 Å². The number of rotatable bonds is 3. The molecule has 4 nitrogen and oxygen atoms in total. The van der Waals surface area contributed by atoms with Gasteiger partial charge in [-0.15, -0.1) is 0 Å². The largest absolute Gasteiger partial charge is 0.497 e. The lowest BCUT2D eigenvalue weighted by Crippen LogP contribution is -2.00. The number of hydrogen-bond acceptors (Lipinski definition) is 3. The lowest BCUT2D eigenvalue weighted by Gasteiger charge is -2.08. The van der Waals surface area contributed by atoms with Crippen LogP contribution >= 0.6 is 0 Å². The van der Waals surface area contributed by atoms with E-state index in [1.54, 1.807) is 25.3 Å². The third-order valence-corrected chi connectivity index (χ3v) is 2.60. The Morgan fingerprint density at radius 3 is 2.41 bits per heavy atom. The SMILES string of the molecule is COc1ccc2cc(C(=O)O)c(OC)cc2c1. The van der Waals surface area contributed by atoms with Crippen LogP contribution in [0.3, 0.4) is 0 Å². The molecule has 17 heavy (non-hydrogen) atoms. The number of ether oxygens (including phenoxy) is 2. The first kappa shape index (κ1) is 11.3. The molecule has 0 heterocycles. The molecule has 0 spiro atoms. The van der Waals surface area contributed by atoms with Crippen molar-refractivity contribution in [3.8, 4) is 11.5 Å². The molecule has 0 radical (unpaired) electrons. The molecule has 2 rings (SSSR count). The zero-order valence-electron chi connectivity index (χ0n) is 9.56. The highest BCUT2D eigenvalue weighted by molar-refractivity contribution is 5.98. The smallest absolute Gasteiger partial charge is 0.339 e. The van der Waals surface area contributed by atoms with Crippen molar-refractivity contribution in [3.63, 3.8) is 0 Å². The van der Waals surface area contributed by atoms with Crippen molar-refractivity contribution in [3.05, 3.63) is 35.9 Å². The molecule has 4 heteroatoms. The molecule has 0 atom stereocenters. The second-order valence-corrected chi connectivity index (χ2v) is 3.57. The van der Waals surface area contributed by atoms with Crippen LogP contribution in [0.15, 0.2) is 30.3 Å². The van der Waals surface area contributed by atoms with E-state index in [9.17, 15) is 4.79 Å². The van der Waals surface area contributed by atoms with Gasteiger partial charge >= 0.3 is 5.97 Å². The fraction of sp³-hybridized carbons (Fsp3) is 0.154. The van der Waals surface area contributed by atoms with Crippen LogP contribution in [0.1, 0.15) is 10.4 Å². The summed E-state index contributed by atoms with van der Waals surface area (Å²) < 4.78 is 10.2. The van der Waals surface area contributed by atoms with E-state index in [2.05, 4.69) is 0 Å². The summed E-state index contributed by atoms with van der Waals surface area (Å²) in [6.45, 7) is 0. The fourth-order valence-corrected chi connectivity index (χ4v) is 1.72. The maximum Gasteiger partial charge on any atom is 0.339 e. The highest BCUT2D eigenvalue weighted by Gasteiger charge is 2.12. The number of benzene rings is 2. The highest BCUT2D eigenvalue weighted by atomic mass is 16.5. The van der Waals surface area contributed by atoms with Gasteiger partial charge in [0.25, 0.3) is 0 Å². The summed E-state index contributed by atoms with van der Waals surface area (Å²) in [4.78, 5) is 11.0. The van der Waals surface area contributed by atoms with Crippen molar-refractivity contribution in [2.75, 3.05) is 14.2 Å². The Bertz CT molecular complexity index is 575. The van der Waals surface area contributed by atoms with Crippen LogP contribution in [0.4, 0.5) is 0 Å². The predicted molar refractivity (Wildman–Crippen MR) is 64.0 cm³/mol. The summed E-state index contributed by atoms with van der Waals surface area (Å²) in [7, 11) is 3.04. The monoisotopic (exact) mass is 232 g/mol. The Hall–Kier alpha value is -2.23. The van der Waals surface area contributed by atoms with Crippen LogP contribution in [-0.4, -0.2) is 25.3 Å². The number of fused-ring (bicyclic) bond motifs is 1. The van der Waals surface area contributed by atoms with Gasteiger partial charge in [-0.2, -0.15) is 0 Å². The van der Waals surface area contributed by atoms with Gasteiger partial charge in [-0.25, -0.2) is 4.79 Å². The van der Waals surface area contributed by atoms with Gasteiger partial charge in [-0.3, -0.25) is 0 Å². The minimum atomic E-state index is -1.00. The number of carboxylic acids is 1. The van der Waals surface area contributed by atoms with Crippen LogP contribution in [0.5, 0.6) is 11.5 Å². The van der Waals surface area contributed by atoms with Gasteiger partial charge in [0, 0.05) is 0 Å². The molecule has 1 N–H and O–H groups in total. The molecule has 0 saturated heterocycles. The molecule has 0 aliphatic heterocycles. The highest BCUT2D eigenvalue weighted by Crippen LogP contribution is 2.28. The molecule has 0 saturated carbocycles. The van der Waals surface area contributed by atoms with E-state index in [4.69, 9.17) is 14.6 Å². The summed E-state index contributed by atoms with van der Waals surface area (Å²) >= 11 is 0. The van der Waals surface area contributed by atoms with E-state index in [0.29, 0.717) is 5.75 Å². The number of hydrogen-bond donors (Lipinski definition) is 1. The zero-order valence-corrected chi connectivity index (χ0v) is 9.56. The first-order chi connectivity index (χ1) is 8.15. The lowest BCUT2D eigenvalue weighted by molar-refractivity contribution is 0.0693. The van der Waals surface area contributed by atoms with E-state index >= 15 is 0 Å². The number of aromatic carboxylic acids is 1. The van der Waals surface area contributed by atoms with Gasteiger partial charge < -0.3 is 14.6 Å². The number of carboxylic acid groups (broad SMARTS) is 1. The van der Waals surface area contributed by atoms with Crippen LogP contribution in [0.2, 0.25) is 0 Å². The maximum absolute atomic E-state index is 11.0. The minimum Gasteiger partial charge on any atom is -0.497 e. The first-order valence-corrected chi connectivity index (χ1v) is 5.05. The Morgan fingerprint density at radius 2 is 1.82 bits per heavy atom. The summed E-state index contributed by atoms with van der Waals surface area (Å²) in [6, 6.07) is 8.74. The normalized spacial score (nSPS) is 10.2. The fourth-order valence-electron chi connectivity index (χ4n) is 1.72. The quantitative estimate of drug-likeness (QED) is 0.883. The van der Waals surface area contributed by atoms with Gasteiger partial charge in [0.2, 0.25) is 0 Å². The van der Waals surface area contributed by atoms with Crippen LogP contribution in [0, 0.1) is 0 Å². The summed E-state index contributed by atoms with van der Waals surface area (Å²) in [5, 5.41) is 10.8. The standard InChI is InChI=1S/C13H12O4/c1-16-10-4-3-8-6-11(13(14)15)12(17-2)7-9(8)5-10/h3-7H,1-2H3,(H,14,15). The third-order valence-electron chi connectivity index (χ3n) is 2.60. The Balaban J connectivity index is 2.69. The molecule has 2 aromatic carbocycles.